The molecule has 0 saturated carbocycles. The number of nitrogens with one attached hydrogen (secondary N) is 2. The molecule has 0 aliphatic carbocycles. The van der Waals surface area contributed by atoms with Crippen molar-refractivity contribution in [3.63, 3.8) is 0 Å². The van der Waals surface area contributed by atoms with E-state index in [2.05, 4.69) is 30.2 Å². The Balaban J connectivity index is 1.51. The molecule has 2 aromatic rings. The Morgan fingerprint density at radius 1 is 1.20 bits per heavy atom. The third-order valence-electron chi connectivity index (χ3n) is 4.20. The molecule has 2 heterocycles. The fraction of sp³-hybridized carbons (Fsp3) is 0.421. The molecule has 162 valence electrons. The molecular formula is C19H22F3N5O3. The SMILES string of the molecule is Cc1cc(N2CCOCC2)nc(NCCNC(=O)c2cccc(OC(F)(F)F)c2)n1. The van der Waals surface area contributed by atoms with Crippen molar-refractivity contribution in [2.75, 3.05) is 49.6 Å². The maximum Gasteiger partial charge on any atom is 0.573 e. The molecule has 1 saturated heterocycles. The van der Waals surface area contributed by atoms with E-state index in [0.717, 1.165) is 36.7 Å². The van der Waals surface area contributed by atoms with Crippen LogP contribution in [0.4, 0.5) is 24.9 Å². The molecule has 0 spiro atoms. The minimum atomic E-state index is -4.81. The number of halogens is 3. The molecule has 1 fully saturated rings. The van der Waals surface area contributed by atoms with Gasteiger partial charge in [0, 0.05) is 43.5 Å². The van der Waals surface area contributed by atoms with Crippen molar-refractivity contribution in [2.45, 2.75) is 13.3 Å². The molecule has 0 radical (unpaired) electrons. The van der Waals surface area contributed by atoms with Gasteiger partial charge in [0.2, 0.25) is 5.95 Å². The smallest absolute Gasteiger partial charge is 0.406 e. The van der Waals surface area contributed by atoms with Crippen molar-refractivity contribution in [3.8, 4) is 5.75 Å². The zero-order valence-corrected chi connectivity index (χ0v) is 16.3. The zero-order chi connectivity index (χ0) is 21.6. The van der Waals surface area contributed by atoms with Crippen molar-refractivity contribution in [1.29, 1.82) is 0 Å². The second kappa shape index (κ2) is 9.61. The average molecular weight is 425 g/mol. The standard InChI is InChI=1S/C19H22F3N5O3/c1-13-11-16(27-7-9-29-10-8-27)26-18(25-13)24-6-5-23-17(28)14-3-2-4-15(12-14)30-19(20,21)22/h2-4,11-12H,5-10H2,1H3,(H,23,28)(H,24,25,26). The number of carbonyl (C=O) groups excluding carboxylic acids is 1. The normalized spacial score (nSPS) is 14.3. The van der Waals surface area contributed by atoms with Gasteiger partial charge in [-0.25, -0.2) is 4.98 Å². The number of hydrogen-bond donors (Lipinski definition) is 2. The number of anilines is 2. The topological polar surface area (TPSA) is 88.6 Å². The zero-order valence-electron chi connectivity index (χ0n) is 16.3. The first-order valence-corrected chi connectivity index (χ1v) is 9.36. The molecule has 1 aliphatic heterocycles. The number of aromatic nitrogens is 2. The monoisotopic (exact) mass is 425 g/mol. The Morgan fingerprint density at radius 3 is 2.70 bits per heavy atom. The van der Waals surface area contributed by atoms with Gasteiger partial charge in [0.15, 0.2) is 0 Å². The second-order valence-electron chi connectivity index (χ2n) is 6.55. The number of carbonyl (C=O) groups is 1. The molecule has 0 unspecified atom stereocenters. The van der Waals surface area contributed by atoms with Crippen LogP contribution in [-0.4, -0.2) is 61.6 Å². The lowest BCUT2D eigenvalue weighted by Gasteiger charge is -2.28. The van der Waals surface area contributed by atoms with E-state index in [1.165, 1.54) is 12.1 Å². The van der Waals surface area contributed by atoms with Gasteiger partial charge in [-0.1, -0.05) is 6.07 Å². The van der Waals surface area contributed by atoms with E-state index in [1.807, 2.05) is 13.0 Å². The number of morpholine rings is 1. The number of nitrogens with zero attached hydrogens (tertiary/aromatic N) is 3. The summed E-state index contributed by atoms with van der Waals surface area (Å²) in [5, 5.41) is 5.68. The van der Waals surface area contributed by atoms with Gasteiger partial charge in [-0.15, -0.1) is 13.2 Å². The summed E-state index contributed by atoms with van der Waals surface area (Å²) in [6.45, 7) is 5.24. The van der Waals surface area contributed by atoms with Crippen LogP contribution in [0.25, 0.3) is 0 Å². The number of hydrogen-bond acceptors (Lipinski definition) is 7. The van der Waals surface area contributed by atoms with Crippen LogP contribution >= 0.6 is 0 Å². The molecule has 1 aromatic carbocycles. The maximum absolute atomic E-state index is 12.3. The molecule has 3 rings (SSSR count). The van der Waals surface area contributed by atoms with E-state index in [4.69, 9.17) is 4.74 Å². The van der Waals surface area contributed by atoms with Crippen molar-refractivity contribution < 1.29 is 27.4 Å². The van der Waals surface area contributed by atoms with Crippen molar-refractivity contribution in [1.82, 2.24) is 15.3 Å². The summed E-state index contributed by atoms with van der Waals surface area (Å²) in [6.07, 6.45) is -4.81. The van der Waals surface area contributed by atoms with E-state index >= 15 is 0 Å². The Bertz CT molecular complexity index is 873. The number of alkyl halides is 3. The highest BCUT2D eigenvalue weighted by Crippen LogP contribution is 2.23. The highest BCUT2D eigenvalue weighted by molar-refractivity contribution is 5.94. The van der Waals surface area contributed by atoms with Crippen LogP contribution in [0.5, 0.6) is 5.75 Å². The molecule has 11 heteroatoms. The van der Waals surface area contributed by atoms with Crippen molar-refractivity contribution >= 4 is 17.7 Å². The number of rotatable bonds is 7. The van der Waals surface area contributed by atoms with Gasteiger partial charge in [-0.2, -0.15) is 4.98 Å². The molecule has 0 bridgehead atoms. The van der Waals surface area contributed by atoms with Gasteiger partial charge >= 0.3 is 6.36 Å². The van der Waals surface area contributed by atoms with Crippen LogP contribution in [0.3, 0.4) is 0 Å². The molecule has 1 amide bonds. The lowest BCUT2D eigenvalue weighted by molar-refractivity contribution is -0.274. The largest absolute Gasteiger partial charge is 0.573 e. The molecule has 30 heavy (non-hydrogen) atoms. The summed E-state index contributed by atoms with van der Waals surface area (Å²) in [6, 6.07) is 6.79. The van der Waals surface area contributed by atoms with E-state index in [0.29, 0.717) is 25.7 Å². The van der Waals surface area contributed by atoms with Gasteiger partial charge in [0.1, 0.15) is 11.6 Å². The Labute approximate surface area is 171 Å². The molecule has 8 nitrogen and oxygen atoms in total. The Hall–Kier alpha value is -3.08. The van der Waals surface area contributed by atoms with Crippen molar-refractivity contribution in [2.24, 2.45) is 0 Å². The summed E-state index contributed by atoms with van der Waals surface area (Å²) < 4.78 is 46.1. The van der Waals surface area contributed by atoms with E-state index < -0.39 is 18.0 Å². The highest BCUT2D eigenvalue weighted by Gasteiger charge is 2.31. The van der Waals surface area contributed by atoms with Crippen LogP contribution in [0.15, 0.2) is 30.3 Å². The Kier molecular flexibility index (Phi) is 6.93. The minimum absolute atomic E-state index is 0.0677. The summed E-state index contributed by atoms with van der Waals surface area (Å²) in [4.78, 5) is 23.1. The molecule has 0 atom stereocenters. The van der Waals surface area contributed by atoms with Gasteiger partial charge in [0.05, 0.1) is 13.2 Å². The summed E-state index contributed by atoms with van der Waals surface area (Å²) in [5.41, 5.74) is 0.873. The molecule has 1 aliphatic rings. The quantitative estimate of drug-likeness (QED) is 0.659. The van der Waals surface area contributed by atoms with E-state index in [1.54, 1.807) is 0 Å². The second-order valence-corrected chi connectivity index (χ2v) is 6.55. The summed E-state index contributed by atoms with van der Waals surface area (Å²) in [5.74, 6) is 0.283. The third kappa shape index (κ3) is 6.48. The number of ether oxygens (including phenoxy) is 2. The maximum atomic E-state index is 12.3. The van der Waals surface area contributed by atoms with Gasteiger partial charge < -0.3 is 25.0 Å². The molecule has 1 aromatic heterocycles. The van der Waals surface area contributed by atoms with Crippen molar-refractivity contribution in [3.05, 3.63) is 41.6 Å². The van der Waals surface area contributed by atoms with Gasteiger partial charge in [-0.3, -0.25) is 4.79 Å². The summed E-state index contributed by atoms with van der Waals surface area (Å²) >= 11 is 0. The fourth-order valence-electron chi connectivity index (χ4n) is 2.87. The molecule has 2 N–H and O–H groups in total. The van der Waals surface area contributed by atoms with Crippen LogP contribution in [0.1, 0.15) is 16.1 Å². The highest BCUT2D eigenvalue weighted by atomic mass is 19.4. The van der Waals surface area contributed by atoms with Crippen LogP contribution in [0.2, 0.25) is 0 Å². The van der Waals surface area contributed by atoms with E-state index in [9.17, 15) is 18.0 Å². The van der Waals surface area contributed by atoms with Crippen LogP contribution in [-0.2, 0) is 4.74 Å². The fourth-order valence-corrected chi connectivity index (χ4v) is 2.87. The van der Waals surface area contributed by atoms with Crippen LogP contribution in [0, 0.1) is 6.92 Å². The predicted octanol–water partition coefficient (Wildman–Crippen LogP) is 2.36. The Morgan fingerprint density at radius 2 is 1.97 bits per heavy atom. The average Bonchev–Trinajstić information content (AvgIpc) is 2.70. The van der Waals surface area contributed by atoms with Crippen LogP contribution < -0.4 is 20.3 Å². The third-order valence-corrected chi connectivity index (χ3v) is 4.20. The van der Waals surface area contributed by atoms with Gasteiger partial charge in [0.25, 0.3) is 5.91 Å². The first-order chi connectivity index (χ1) is 14.3. The van der Waals surface area contributed by atoms with E-state index in [-0.39, 0.29) is 12.1 Å². The number of amides is 1. The number of aryl methyl sites for hydroxylation is 1. The number of benzene rings is 1. The predicted molar refractivity (Wildman–Crippen MR) is 104 cm³/mol. The first kappa shape index (κ1) is 21.6. The lowest BCUT2D eigenvalue weighted by atomic mass is 10.2. The minimum Gasteiger partial charge on any atom is -0.406 e. The molecular weight excluding hydrogens is 403 g/mol. The lowest BCUT2D eigenvalue weighted by Crippen LogP contribution is -2.37. The summed E-state index contributed by atoms with van der Waals surface area (Å²) in [7, 11) is 0. The van der Waals surface area contributed by atoms with Gasteiger partial charge in [-0.05, 0) is 25.1 Å². The first-order valence-electron chi connectivity index (χ1n) is 9.36.